The first kappa shape index (κ1) is 19.7. The molecular weight excluding hydrogens is 352 g/mol. The minimum Gasteiger partial charge on any atom is -0.507 e. The molecule has 2 aromatic rings. The largest absolute Gasteiger partial charge is 0.544 e. The molecule has 0 heterocycles. The Labute approximate surface area is 164 Å². The molecule has 2 N–H and O–H groups in total. The second-order valence-corrected chi connectivity index (χ2v) is 11.1. The van der Waals surface area contributed by atoms with Crippen molar-refractivity contribution in [1.29, 1.82) is 0 Å². The van der Waals surface area contributed by atoms with Crippen molar-refractivity contribution in [3.8, 4) is 11.5 Å². The van der Waals surface area contributed by atoms with Crippen LogP contribution in [0.2, 0.25) is 11.6 Å². The van der Waals surface area contributed by atoms with Crippen molar-refractivity contribution in [3.63, 3.8) is 0 Å². The van der Waals surface area contributed by atoms with Crippen LogP contribution in [0.1, 0.15) is 57.3 Å². The molecule has 1 unspecified atom stereocenters. The van der Waals surface area contributed by atoms with E-state index >= 15 is 0 Å². The summed E-state index contributed by atoms with van der Waals surface area (Å²) < 4.78 is 6.12. The van der Waals surface area contributed by atoms with Crippen LogP contribution >= 0.6 is 0 Å². The van der Waals surface area contributed by atoms with Crippen LogP contribution in [-0.2, 0) is 0 Å². The predicted octanol–water partition coefficient (Wildman–Crippen LogP) is 5.86. The molecule has 1 atom stereocenters. The first-order chi connectivity index (χ1) is 12.8. The van der Waals surface area contributed by atoms with Gasteiger partial charge in [0.05, 0.1) is 6.55 Å². The van der Waals surface area contributed by atoms with Gasteiger partial charge in [-0.1, -0.05) is 30.3 Å². The average molecular weight is 382 g/mol. The Balaban J connectivity index is 1.82. The van der Waals surface area contributed by atoms with Crippen molar-refractivity contribution >= 4 is 14.6 Å². The van der Waals surface area contributed by atoms with Crippen molar-refractivity contribution < 1.29 is 14.6 Å². The highest BCUT2D eigenvalue weighted by Gasteiger charge is 2.41. The number of phenolic OH excluding ortho intramolecular Hbond substituents is 1. The SMILES string of the molecule is C[Si+](Oc1ccc(C(O)C2=C(c3ccccc3O)CCC2)cc1)C(C)(C)C. The zero-order valence-corrected chi connectivity index (χ0v) is 17.6. The Morgan fingerprint density at radius 1 is 1.00 bits per heavy atom. The second kappa shape index (κ2) is 7.91. The van der Waals surface area contributed by atoms with Crippen LogP contribution in [-0.4, -0.2) is 19.3 Å². The maximum Gasteiger partial charge on any atom is 0.544 e. The van der Waals surface area contributed by atoms with E-state index in [-0.39, 0.29) is 10.8 Å². The molecule has 2 aromatic carbocycles. The van der Waals surface area contributed by atoms with Gasteiger partial charge >= 0.3 is 9.04 Å². The van der Waals surface area contributed by atoms with Gasteiger partial charge in [-0.2, -0.15) is 0 Å². The van der Waals surface area contributed by atoms with E-state index in [1.54, 1.807) is 6.07 Å². The van der Waals surface area contributed by atoms with Gasteiger partial charge in [-0.15, -0.1) is 0 Å². The lowest BCUT2D eigenvalue weighted by Gasteiger charge is -2.17. The molecule has 0 bridgehead atoms. The van der Waals surface area contributed by atoms with Crippen LogP contribution in [0.4, 0.5) is 0 Å². The van der Waals surface area contributed by atoms with E-state index in [0.29, 0.717) is 0 Å². The number of aliphatic hydroxyl groups is 1. The Hall–Kier alpha value is -2.04. The van der Waals surface area contributed by atoms with Crippen molar-refractivity contribution in [3.05, 3.63) is 65.2 Å². The lowest BCUT2D eigenvalue weighted by Crippen LogP contribution is -2.28. The molecule has 0 amide bonds. The monoisotopic (exact) mass is 381 g/mol. The zero-order valence-electron chi connectivity index (χ0n) is 16.6. The molecule has 0 aromatic heterocycles. The molecule has 4 heteroatoms. The van der Waals surface area contributed by atoms with Crippen molar-refractivity contribution in [1.82, 2.24) is 0 Å². The van der Waals surface area contributed by atoms with Gasteiger partial charge in [0.2, 0.25) is 0 Å². The Morgan fingerprint density at radius 2 is 1.67 bits per heavy atom. The van der Waals surface area contributed by atoms with E-state index in [4.69, 9.17) is 4.43 Å². The van der Waals surface area contributed by atoms with Crippen LogP contribution in [0.25, 0.3) is 5.57 Å². The van der Waals surface area contributed by atoms with Crippen LogP contribution < -0.4 is 4.43 Å². The number of phenols is 1. The summed E-state index contributed by atoms with van der Waals surface area (Å²) in [6.07, 6.45) is 2.10. The second-order valence-electron chi connectivity index (χ2n) is 8.25. The third-order valence-corrected chi connectivity index (χ3v) is 8.00. The van der Waals surface area contributed by atoms with Gasteiger partial charge in [-0.25, -0.2) is 0 Å². The van der Waals surface area contributed by atoms with Gasteiger partial charge in [0.25, 0.3) is 0 Å². The fourth-order valence-corrected chi connectivity index (χ4v) is 4.15. The molecule has 0 spiro atoms. The predicted molar refractivity (Wildman–Crippen MR) is 112 cm³/mol. The maximum atomic E-state index is 11.0. The highest BCUT2D eigenvalue weighted by molar-refractivity contribution is 6.54. The summed E-state index contributed by atoms with van der Waals surface area (Å²) in [5.41, 5.74) is 3.80. The van der Waals surface area contributed by atoms with Crippen molar-refractivity contribution in [2.45, 2.75) is 57.7 Å². The highest BCUT2D eigenvalue weighted by Crippen LogP contribution is 2.43. The zero-order chi connectivity index (χ0) is 19.6. The van der Waals surface area contributed by atoms with Crippen molar-refractivity contribution in [2.24, 2.45) is 0 Å². The van der Waals surface area contributed by atoms with Crippen LogP contribution in [0.5, 0.6) is 11.5 Å². The van der Waals surface area contributed by atoms with Crippen LogP contribution in [0, 0.1) is 0 Å². The van der Waals surface area contributed by atoms with Gasteiger partial charge in [0, 0.05) is 5.56 Å². The number of hydrogen-bond acceptors (Lipinski definition) is 3. The summed E-state index contributed by atoms with van der Waals surface area (Å²) in [4.78, 5) is 0. The minimum atomic E-state index is -0.954. The molecule has 1 aliphatic rings. The summed E-state index contributed by atoms with van der Waals surface area (Å²) in [6.45, 7) is 8.78. The van der Waals surface area contributed by atoms with Gasteiger partial charge in [0.15, 0.2) is 5.75 Å². The van der Waals surface area contributed by atoms with E-state index in [1.165, 1.54) is 0 Å². The molecule has 142 valence electrons. The third kappa shape index (κ3) is 4.45. The first-order valence-corrected chi connectivity index (χ1v) is 11.5. The van der Waals surface area contributed by atoms with Gasteiger partial charge in [-0.05, 0) is 74.9 Å². The van der Waals surface area contributed by atoms with E-state index in [1.807, 2.05) is 42.5 Å². The summed E-state index contributed by atoms with van der Waals surface area (Å²) in [7, 11) is -0.954. The smallest absolute Gasteiger partial charge is 0.507 e. The summed E-state index contributed by atoms with van der Waals surface area (Å²) >= 11 is 0. The van der Waals surface area contributed by atoms with Gasteiger partial charge < -0.3 is 14.6 Å². The molecule has 1 aliphatic carbocycles. The number of rotatable bonds is 5. The highest BCUT2D eigenvalue weighted by atomic mass is 28.3. The lowest BCUT2D eigenvalue weighted by atomic mass is 9.94. The Kier molecular flexibility index (Phi) is 5.77. The molecule has 3 rings (SSSR count). The number of allylic oxidation sites excluding steroid dienone is 1. The molecule has 3 nitrogen and oxygen atoms in total. The molecule has 0 aliphatic heterocycles. The molecule has 0 fully saturated rings. The van der Waals surface area contributed by atoms with E-state index in [2.05, 4.69) is 27.3 Å². The quantitative estimate of drug-likeness (QED) is 0.637. The number of aliphatic hydroxyl groups excluding tert-OH is 1. The minimum absolute atomic E-state index is 0.171. The maximum absolute atomic E-state index is 11.0. The normalized spacial score (nSPS) is 15.7. The fraction of sp³-hybridized carbons (Fsp3) is 0.391. The Bertz CT molecular complexity index is 818. The molecular formula is C23H29O3Si+. The topological polar surface area (TPSA) is 49.7 Å². The first-order valence-electron chi connectivity index (χ1n) is 9.57. The third-order valence-electron chi connectivity index (χ3n) is 5.34. The fourth-order valence-electron chi connectivity index (χ4n) is 3.35. The summed E-state index contributed by atoms with van der Waals surface area (Å²) in [5.74, 6) is 1.14. The summed E-state index contributed by atoms with van der Waals surface area (Å²) in [5, 5.41) is 21.3. The molecule has 0 saturated heterocycles. The Morgan fingerprint density at radius 3 is 2.30 bits per heavy atom. The number of benzene rings is 2. The summed E-state index contributed by atoms with van der Waals surface area (Å²) in [6, 6.07) is 15.2. The standard InChI is InChI=1S/C23H28O3Si/c1-23(2,3)27(4)26-17-14-12-16(13-15-17)22(25)20-10-7-9-18(20)19-8-5-6-11-21(19)24/h5-6,8,11-15,22,25H,7,9-10H2,1-4H3/p+1. The van der Waals surface area contributed by atoms with Crippen LogP contribution in [0.15, 0.2) is 54.1 Å². The average Bonchev–Trinajstić information content (AvgIpc) is 3.11. The van der Waals surface area contributed by atoms with Gasteiger partial charge in [-0.3, -0.25) is 0 Å². The van der Waals surface area contributed by atoms with E-state index < -0.39 is 15.1 Å². The number of hydrogen-bond donors (Lipinski definition) is 2. The van der Waals surface area contributed by atoms with Crippen LogP contribution in [0.3, 0.4) is 0 Å². The number of aromatic hydroxyl groups is 1. The van der Waals surface area contributed by atoms with E-state index in [9.17, 15) is 10.2 Å². The molecule has 0 saturated carbocycles. The van der Waals surface area contributed by atoms with Gasteiger partial charge in [0.1, 0.15) is 16.9 Å². The lowest BCUT2D eigenvalue weighted by molar-refractivity contribution is 0.213. The number of para-hydroxylation sites is 1. The van der Waals surface area contributed by atoms with Crippen molar-refractivity contribution in [2.75, 3.05) is 0 Å². The van der Waals surface area contributed by atoms with E-state index in [0.717, 1.165) is 47.3 Å². The molecule has 0 radical (unpaired) electrons. The molecule has 27 heavy (non-hydrogen) atoms.